The van der Waals surface area contributed by atoms with E-state index in [4.69, 9.17) is 4.74 Å². The first-order valence-corrected chi connectivity index (χ1v) is 10.5. The molecule has 0 aliphatic carbocycles. The van der Waals surface area contributed by atoms with Crippen LogP contribution in [0.4, 0.5) is 0 Å². The lowest BCUT2D eigenvalue weighted by molar-refractivity contribution is 0.0338. The van der Waals surface area contributed by atoms with Crippen LogP contribution in [-0.4, -0.2) is 55.8 Å². The number of nitrogens with zero attached hydrogens (tertiary/aromatic N) is 2. The highest BCUT2D eigenvalue weighted by Crippen LogP contribution is 2.33. The first-order chi connectivity index (χ1) is 12.5. The lowest BCUT2D eigenvalue weighted by Gasteiger charge is -2.26. The average Bonchev–Trinajstić information content (AvgIpc) is 2.99. The molecule has 6 nitrogen and oxygen atoms in total. The molecule has 0 atom stereocenters. The van der Waals surface area contributed by atoms with Crippen LogP contribution in [0.2, 0.25) is 0 Å². The molecule has 136 valence electrons. The van der Waals surface area contributed by atoms with Gasteiger partial charge in [0.1, 0.15) is 5.65 Å². The summed E-state index contributed by atoms with van der Waals surface area (Å²) in [6, 6.07) is 11.0. The number of rotatable bonds is 4. The second-order valence-corrected chi connectivity index (χ2v) is 8.58. The van der Waals surface area contributed by atoms with E-state index in [2.05, 4.69) is 14.9 Å². The molecule has 1 fully saturated rings. The van der Waals surface area contributed by atoms with Gasteiger partial charge in [0, 0.05) is 48.7 Å². The minimum atomic E-state index is -3.21. The van der Waals surface area contributed by atoms with Gasteiger partial charge in [-0.25, -0.2) is 13.4 Å². The van der Waals surface area contributed by atoms with Crippen molar-refractivity contribution in [2.75, 3.05) is 32.6 Å². The molecule has 1 aliphatic rings. The zero-order valence-electron chi connectivity index (χ0n) is 14.6. The van der Waals surface area contributed by atoms with Crippen molar-refractivity contribution in [1.29, 1.82) is 0 Å². The maximum absolute atomic E-state index is 11.7. The summed E-state index contributed by atoms with van der Waals surface area (Å²) in [6.07, 6.45) is 3.00. The quantitative estimate of drug-likeness (QED) is 0.762. The third kappa shape index (κ3) is 3.38. The van der Waals surface area contributed by atoms with E-state index in [1.165, 1.54) is 6.26 Å². The number of benzene rings is 1. The molecule has 0 amide bonds. The summed E-state index contributed by atoms with van der Waals surface area (Å²) in [6.45, 7) is 4.07. The summed E-state index contributed by atoms with van der Waals surface area (Å²) < 4.78 is 28.9. The highest BCUT2D eigenvalue weighted by molar-refractivity contribution is 7.90. The minimum absolute atomic E-state index is 0.328. The Balaban J connectivity index is 1.78. The topological polar surface area (TPSA) is 75.3 Å². The van der Waals surface area contributed by atoms with E-state index >= 15 is 0 Å². The van der Waals surface area contributed by atoms with E-state index in [9.17, 15) is 8.42 Å². The molecule has 3 aromatic rings. The summed E-state index contributed by atoms with van der Waals surface area (Å²) in [5, 5.41) is 1.04. The standard InChI is InChI=1S/C19H21N3O3S/c1-26(23,24)15-6-4-14(5-7-15)18-16-3-2-8-20-19(16)21-17(18)13-22-9-11-25-12-10-22/h2-8H,9-13H2,1H3,(H,20,21). The molecule has 0 unspecified atom stereocenters. The normalized spacial score (nSPS) is 16.2. The van der Waals surface area contributed by atoms with Crippen molar-refractivity contribution in [1.82, 2.24) is 14.9 Å². The molecule has 0 saturated carbocycles. The number of H-pyrrole nitrogens is 1. The van der Waals surface area contributed by atoms with Crippen LogP contribution in [0.3, 0.4) is 0 Å². The number of pyridine rings is 1. The van der Waals surface area contributed by atoms with Crippen molar-refractivity contribution in [3.05, 3.63) is 48.3 Å². The molecule has 0 spiro atoms. The molecule has 1 aromatic carbocycles. The smallest absolute Gasteiger partial charge is 0.175 e. The van der Waals surface area contributed by atoms with Crippen molar-refractivity contribution in [3.8, 4) is 11.1 Å². The van der Waals surface area contributed by atoms with Gasteiger partial charge in [0.15, 0.2) is 9.84 Å². The first kappa shape index (κ1) is 17.2. The summed E-state index contributed by atoms with van der Waals surface area (Å²) in [5.74, 6) is 0. The Labute approximate surface area is 152 Å². The van der Waals surface area contributed by atoms with Crippen LogP contribution in [-0.2, 0) is 21.1 Å². The van der Waals surface area contributed by atoms with Gasteiger partial charge in [0.25, 0.3) is 0 Å². The average molecular weight is 371 g/mol. The SMILES string of the molecule is CS(=O)(=O)c1ccc(-c2c(CN3CCOCC3)[nH]c3ncccc23)cc1. The molecular formula is C19H21N3O3S. The van der Waals surface area contributed by atoms with E-state index < -0.39 is 9.84 Å². The van der Waals surface area contributed by atoms with Gasteiger partial charge in [-0.15, -0.1) is 0 Å². The monoisotopic (exact) mass is 371 g/mol. The molecule has 1 aliphatic heterocycles. The largest absolute Gasteiger partial charge is 0.379 e. The van der Waals surface area contributed by atoms with Crippen LogP contribution in [0.25, 0.3) is 22.2 Å². The Morgan fingerprint density at radius 1 is 1.15 bits per heavy atom. The molecule has 26 heavy (non-hydrogen) atoms. The number of aromatic nitrogens is 2. The number of sulfone groups is 1. The van der Waals surface area contributed by atoms with Crippen molar-refractivity contribution in [2.24, 2.45) is 0 Å². The Hall–Kier alpha value is -2.22. The molecule has 3 heterocycles. The molecule has 0 bridgehead atoms. The zero-order valence-corrected chi connectivity index (χ0v) is 15.4. The second-order valence-electron chi connectivity index (χ2n) is 6.56. The van der Waals surface area contributed by atoms with Crippen molar-refractivity contribution in [3.63, 3.8) is 0 Å². The van der Waals surface area contributed by atoms with E-state index in [1.807, 2.05) is 24.3 Å². The van der Waals surface area contributed by atoms with Gasteiger partial charge >= 0.3 is 0 Å². The summed E-state index contributed by atoms with van der Waals surface area (Å²) >= 11 is 0. The Morgan fingerprint density at radius 3 is 2.58 bits per heavy atom. The van der Waals surface area contributed by atoms with Crippen LogP contribution < -0.4 is 0 Å². The summed E-state index contributed by atoms with van der Waals surface area (Å²) in [7, 11) is -3.21. The molecule has 1 N–H and O–H groups in total. The van der Waals surface area contributed by atoms with E-state index in [0.717, 1.165) is 60.7 Å². The fraction of sp³-hybridized carbons (Fsp3) is 0.316. The minimum Gasteiger partial charge on any atom is -0.379 e. The van der Waals surface area contributed by atoms with Gasteiger partial charge in [-0.2, -0.15) is 0 Å². The van der Waals surface area contributed by atoms with Crippen LogP contribution in [0.1, 0.15) is 5.69 Å². The highest BCUT2D eigenvalue weighted by Gasteiger charge is 2.19. The maximum Gasteiger partial charge on any atom is 0.175 e. The van der Waals surface area contributed by atoms with Crippen LogP contribution in [0, 0.1) is 0 Å². The van der Waals surface area contributed by atoms with Gasteiger partial charge in [0.2, 0.25) is 0 Å². The number of aromatic amines is 1. The molecule has 7 heteroatoms. The van der Waals surface area contributed by atoms with E-state index in [0.29, 0.717) is 4.90 Å². The van der Waals surface area contributed by atoms with Crippen LogP contribution in [0.5, 0.6) is 0 Å². The molecule has 0 radical (unpaired) electrons. The molecule has 2 aromatic heterocycles. The maximum atomic E-state index is 11.7. The van der Waals surface area contributed by atoms with Gasteiger partial charge in [-0.1, -0.05) is 12.1 Å². The fourth-order valence-electron chi connectivity index (χ4n) is 3.37. The molecule has 1 saturated heterocycles. The first-order valence-electron chi connectivity index (χ1n) is 8.58. The van der Waals surface area contributed by atoms with Crippen LogP contribution >= 0.6 is 0 Å². The Kier molecular flexibility index (Phi) is 4.52. The van der Waals surface area contributed by atoms with Gasteiger partial charge < -0.3 is 9.72 Å². The lowest BCUT2D eigenvalue weighted by Crippen LogP contribution is -2.35. The summed E-state index contributed by atoms with van der Waals surface area (Å²) in [5.41, 5.74) is 4.00. The number of morpholine rings is 1. The fourth-order valence-corrected chi connectivity index (χ4v) is 4.01. The van der Waals surface area contributed by atoms with E-state index in [1.54, 1.807) is 18.3 Å². The molecular weight excluding hydrogens is 350 g/mol. The Morgan fingerprint density at radius 2 is 1.88 bits per heavy atom. The number of hydrogen-bond donors (Lipinski definition) is 1. The Bertz CT molecular complexity index is 1020. The van der Waals surface area contributed by atoms with E-state index in [-0.39, 0.29) is 0 Å². The van der Waals surface area contributed by atoms with Gasteiger partial charge in [-0.05, 0) is 29.8 Å². The zero-order chi connectivity index (χ0) is 18.1. The third-order valence-corrected chi connectivity index (χ3v) is 5.83. The van der Waals surface area contributed by atoms with Crippen molar-refractivity contribution >= 4 is 20.9 Å². The van der Waals surface area contributed by atoms with Crippen molar-refractivity contribution in [2.45, 2.75) is 11.4 Å². The predicted octanol–water partition coefficient (Wildman–Crippen LogP) is 2.47. The molecule has 4 rings (SSSR count). The summed E-state index contributed by atoms with van der Waals surface area (Å²) in [4.78, 5) is 10.6. The third-order valence-electron chi connectivity index (χ3n) is 4.70. The number of ether oxygens (including phenoxy) is 1. The van der Waals surface area contributed by atoms with Crippen molar-refractivity contribution < 1.29 is 13.2 Å². The van der Waals surface area contributed by atoms with Crippen LogP contribution in [0.15, 0.2) is 47.5 Å². The van der Waals surface area contributed by atoms with Gasteiger partial charge in [0.05, 0.1) is 18.1 Å². The number of fused-ring (bicyclic) bond motifs is 1. The number of nitrogens with one attached hydrogen (secondary N) is 1. The highest BCUT2D eigenvalue weighted by atomic mass is 32.2. The lowest BCUT2D eigenvalue weighted by atomic mass is 10.0. The predicted molar refractivity (Wildman–Crippen MR) is 101 cm³/mol. The number of hydrogen-bond acceptors (Lipinski definition) is 5. The van der Waals surface area contributed by atoms with Gasteiger partial charge in [-0.3, -0.25) is 4.90 Å². The second kappa shape index (κ2) is 6.83.